The number of hydrogen-bond acceptors (Lipinski definition) is 3. The van der Waals surface area contributed by atoms with Gasteiger partial charge in [-0.15, -0.1) is 0 Å². The molecule has 136 valence electrons. The van der Waals surface area contributed by atoms with Gasteiger partial charge in [-0.2, -0.15) is 0 Å². The van der Waals surface area contributed by atoms with Gasteiger partial charge < -0.3 is 10.1 Å². The molecule has 1 atom stereocenters. The van der Waals surface area contributed by atoms with Gasteiger partial charge in [0, 0.05) is 17.1 Å². The van der Waals surface area contributed by atoms with Crippen molar-refractivity contribution in [1.29, 1.82) is 0 Å². The highest BCUT2D eigenvalue weighted by Crippen LogP contribution is 2.11. The van der Waals surface area contributed by atoms with Crippen molar-refractivity contribution in [3.63, 3.8) is 0 Å². The van der Waals surface area contributed by atoms with Crippen LogP contribution in [0.15, 0.2) is 60.7 Å². The minimum Gasteiger partial charge on any atom is -0.452 e. The fourth-order valence-corrected chi connectivity index (χ4v) is 2.57. The van der Waals surface area contributed by atoms with Crippen molar-refractivity contribution in [2.75, 3.05) is 6.61 Å². The predicted molar refractivity (Wildman–Crippen MR) is 104 cm³/mol. The zero-order valence-electron chi connectivity index (χ0n) is 14.7. The van der Waals surface area contributed by atoms with Crippen molar-refractivity contribution in [2.45, 2.75) is 25.8 Å². The van der Waals surface area contributed by atoms with E-state index in [1.807, 2.05) is 31.2 Å². The summed E-state index contributed by atoms with van der Waals surface area (Å²) in [7, 11) is 0. The van der Waals surface area contributed by atoms with Crippen LogP contribution in [0.4, 0.5) is 0 Å². The van der Waals surface area contributed by atoms with Gasteiger partial charge in [0.05, 0.1) is 0 Å². The van der Waals surface area contributed by atoms with Crippen LogP contribution in [0, 0.1) is 0 Å². The molecule has 1 N–H and O–H groups in total. The number of halogens is 1. The summed E-state index contributed by atoms with van der Waals surface area (Å²) < 4.78 is 4.95. The van der Waals surface area contributed by atoms with Gasteiger partial charge in [0.1, 0.15) is 0 Å². The van der Waals surface area contributed by atoms with Crippen LogP contribution >= 0.6 is 11.6 Å². The summed E-state index contributed by atoms with van der Waals surface area (Å²) in [5, 5.41) is 3.42. The molecule has 0 radical (unpaired) electrons. The van der Waals surface area contributed by atoms with E-state index in [1.165, 1.54) is 11.6 Å². The van der Waals surface area contributed by atoms with Gasteiger partial charge in [-0.3, -0.25) is 4.79 Å². The van der Waals surface area contributed by atoms with Crippen LogP contribution in [-0.2, 0) is 20.7 Å². The first-order valence-corrected chi connectivity index (χ1v) is 8.84. The number of rotatable bonds is 8. The molecule has 26 heavy (non-hydrogen) atoms. The second-order valence-corrected chi connectivity index (χ2v) is 6.43. The molecule has 0 saturated heterocycles. The van der Waals surface area contributed by atoms with Crippen molar-refractivity contribution < 1.29 is 14.3 Å². The van der Waals surface area contributed by atoms with Gasteiger partial charge in [-0.25, -0.2) is 4.79 Å². The zero-order chi connectivity index (χ0) is 18.8. The Balaban J connectivity index is 1.68. The number of carbonyl (C=O) groups is 2. The topological polar surface area (TPSA) is 55.4 Å². The molecule has 0 aliphatic rings. The number of amides is 1. The van der Waals surface area contributed by atoms with Crippen LogP contribution in [0.2, 0.25) is 5.02 Å². The molecule has 0 bridgehead atoms. The van der Waals surface area contributed by atoms with Crippen LogP contribution in [0.5, 0.6) is 0 Å². The van der Waals surface area contributed by atoms with Gasteiger partial charge in [0.25, 0.3) is 5.91 Å². The Labute approximate surface area is 158 Å². The minimum absolute atomic E-state index is 0.00316. The van der Waals surface area contributed by atoms with Gasteiger partial charge in [0.2, 0.25) is 0 Å². The van der Waals surface area contributed by atoms with E-state index in [9.17, 15) is 9.59 Å². The summed E-state index contributed by atoms with van der Waals surface area (Å²) in [5.41, 5.74) is 2.01. The monoisotopic (exact) mass is 371 g/mol. The molecule has 0 saturated carbocycles. The minimum atomic E-state index is -0.572. The lowest BCUT2D eigenvalue weighted by Crippen LogP contribution is -2.36. The van der Waals surface area contributed by atoms with Crippen LogP contribution in [0.1, 0.15) is 24.5 Å². The molecule has 0 aliphatic heterocycles. The molecule has 0 fully saturated rings. The average Bonchev–Trinajstić information content (AvgIpc) is 2.64. The first-order valence-electron chi connectivity index (χ1n) is 8.46. The van der Waals surface area contributed by atoms with Crippen molar-refractivity contribution in [3.05, 3.63) is 76.8 Å². The third kappa shape index (κ3) is 7.53. The number of esters is 1. The Bertz CT molecular complexity index is 759. The molecular weight excluding hydrogens is 350 g/mol. The second kappa shape index (κ2) is 10.4. The van der Waals surface area contributed by atoms with E-state index < -0.39 is 5.97 Å². The van der Waals surface area contributed by atoms with E-state index >= 15 is 0 Å². The van der Waals surface area contributed by atoms with Gasteiger partial charge in [-0.1, -0.05) is 54.1 Å². The maximum absolute atomic E-state index is 11.9. The Hall–Kier alpha value is -2.59. The smallest absolute Gasteiger partial charge is 0.331 e. The molecule has 4 nitrogen and oxygen atoms in total. The van der Waals surface area contributed by atoms with E-state index in [0.29, 0.717) is 5.02 Å². The van der Waals surface area contributed by atoms with E-state index in [-0.39, 0.29) is 18.6 Å². The van der Waals surface area contributed by atoms with Crippen LogP contribution in [-0.4, -0.2) is 24.5 Å². The summed E-state index contributed by atoms with van der Waals surface area (Å²) in [6, 6.07) is 17.2. The summed E-state index contributed by atoms with van der Waals surface area (Å²) >= 11 is 5.87. The normalized spacial score (nSPS) is 11.9. The first kappa shape index (κ1) is 19.7. The van der Waals surface area contributed by atoms with E-state index in [0.717, 1.165) is 18.4 Å². The highest BCUT2D eigenvalue weighted by Gasteiger charge is 2.09. The Morgan fingerprint density at radius 1 is 1.15 bits per heavy atom. The summed E-state index contributed by atoms with van der Waals surface area (Å²) in [6.45, 7) is 1.64. The van der Waals surface area contributed by atoms with E-state index in [1.54, 1.807) is 24.3 Å². The molecule has 0 aromatic heterocycles. The van der Waals surface area contributed by atoms with E-state index in [2.05, 4.69) is 17.4 Å². The lowest BCUT2D eigenvalue weighted by Gasteiger charge is -2.13. The molecule has 1 amide bonds. The molecule has 2 rings (SSSR count). The maximum Gasteiger partial charge on any atom is 0.331 e. The Morgan fingerprint density at radius 3 is 2.65 bits per heavy atom. The highest BCUT2D eigenvalue weighted by atomic mass is 35.5. The number of benzene rings is 2. The number of nitrogens with one attached hydrogen (secondary N) is 1. The third-order valence-electron chi connectivity index (χ3n) is 3.72. The molecule has 0 spiro atoms. The molecule has 0 heterocycles. The molecule has 0 unspecified atom stereocenters. The number of ether oxygens (including phenoxy) is 1. The van der Waals surface area contributed by atoms with Crippen molar-refractivity contribution in [3.8, 4) is 0 Å². The summed E-state index contributed by atoms with van der Waals surface area (Å²) in [6.07, 6.45) is 4.56. The van der Waals surface area contributed by atoms with Gasteiger partial charge >= 0.3 is 5.97 Å². The van der Waals surface area contributed by atoms with Crippen molar-refractivity contribution in [2.24, 2.45) is 0 Å². The molecule has 2 aromatic carbocycles. The second-order valence-electron chi connectivity index (χ2n) is 5.99. The van der Waals surface area contributed by atoms with Gasteiger partial charge in [-0.05, 0) is 49.1 Å². The Morgan fingerprint density at radius 2 is 1.92 bits per heavy atom. The first-order chi connectivity index (χ1) is 12.5. The summed E-state index contributed by atoms with van der Waals surface area (Å²) in [5.74, 6) is -0.882. The Kier molecular flexibility index (Phi) is 7.90. The van der Waals surface area contributed by atoms with Gasteiger partial charge in [0.15, 0.2) is 6.61 Å². The van der Waals surface area contributed by atoms with Crippen LogP contribution < -0.4 is 5.32 Å². The molecule has 5 heteroatoms. The SMILES string of the molecule is C[C@H](CCc1ccccc1)NC(=O)COC(=O)/C=C/c1cccc(Cl)c1. The fraction of sp³-hybridized carbons (Fsp3) is 0.238. The number of carbonyl (C=O) groups excluding carboxylic acids is 2. The highest BCUT2D eigenvalue weighted by molar-refractivity contribution is 6.30. The summed E-state index contributed by atoms with van der Waals surface area (Å²) in [4.78, 5) is 23.5. The fourth-order valence-electron chi connectivity index (χ4n) is 2.38. The van der Waals surface area contributed by atoms with Crippen LogP contribution in [0.25, 0.3) is 6.08 Å². The quantitative estimate of drug-likeness (QED) is 0.563. The zero-order valence-corrected chi connectivity index (χ0v) is 15.4. The lowest BCUT2D eigenvalue weighted by molar-refractivity contribution is -0.144. The maximum atomic E-state index is 11.9. The number of aryl methyl sites for hydroxylation is 1. The van der Waals surface area contributed by atoms with Crippen molar-refractivity contribution in [1.82, 2.24) is 5.32 Å². The standard InChI is InChI=1S/C21H22ClNO3/c1-16(10-11-17-6-3-2-4-7-17)23-20(24)15-26-21(25)13-12-18-8-5-9-19(22)14-18/h2-9,12-14,16H,10-11,15H2,1H3,(H,23,24)/b13-12+/t16-/m1/s1. The lowest BCUT2D eigenvalue weighted by atomic mass is 10.1. The largest absolute Gasteiger partial charge is 0.452 e. The van der Waals surface area contributed by atoms with Crippen molar-refractivity contribution >= 4 is 29.6 Å². The average molecular weight is 372 g/mol. The molecule has 0 aliphatic carbocycles. The molecule has 2 aromatic rings. The predicted octanol–water partition coefficient (Wildman–Crippen LogP) is 4.03. The number of hydrogen-bond donors (Lipinski definition) is 1. The van der Waals surface area contributed by atoms with Crippen LogP contribution in [0.3, 0.4) is 0 Å². The molecular formula is C21H22ClNO3. The third-order valence-corrected chi connectivity index (χ3v) is 3.96. The van der Waals surface area contributed by atoms with E-state index in [4.69, 9.17) is 16.3 Å².